The number of nitrogens with one attached hydrogen (secondary N) is 1. The summed E-state index contributed by atoms with van der Waals surface area (Å²) in [5.74, 6) is 5.72. The lowest BCUT2D eigenvalue weighted by molar-refractivity contribution is 0.498. The molecule has 5 nitrogen and oxygen atoms in total. The van der Waals surface area contributed by atoms with E-state index in [4.69, 9.17) is 5.84 Å². The van der Waals surface area contributed by atoms with E-state index in [-0.39, 0.29) is 11.8 Å². The van der Waals surface area contributed by atoms with Crippen LogP contribution in [0, 0.1) is 0 Å². The third kappa shape index (κ3) is 4.00. The number of sulfone groups is 1. The number of benzene rings is 1. The third-order valence-corrected chi connectivity index (χ3v) is 4.22. The van der Waals surface area contributed by atoms with Crippen LogP contribution in [0.3, 0.4) is 0 Å². The van der Waals surface area contributed by atoms with Gasteiger partial charge in [-0.25, -0.2) is 8.42 Å². The maximum absolute atomic E-state index is 11.1. The molecule has 1 unspecified atom stereocenters. The third-order valence-electron chi connectivity index (χ3n) is 3.19. The van der Waals surface area contributed by atoms with Crippen LogP contribution in [0.2, 0.25) is 0 Å². The summed E-state index contributed by atoms with van der Waals surface area (Å²) in [6.07, 6.45) is 2.43. The van der Waals surface area contributed by atoms with Crippen LogP contribution >= 0.6 is 0 Å². The second kappa shape index (κ2) is 6.30. The number of nitrogens with zero attached hydrogens (tertiary/aromatic N) is 1. The lowest BCUT2D eigenvalue weighted by Crippen LogP contribution is -2.29. The van der Waals surface area contributed by atoms with E-state index in [9.17, 15) is 8.42 Å². The van der Waals surface area contributed by atoms with Gasteiger partial charge >= 0.3 is 0 Å². The SMILES string of the molecule is CS(=O)(=O)CCCC(NN)c1ccc2ccccc2n1. The quantitative estimate of drug-likeness (QED) is 0.623. The normalized spacial score (nSPS) is 13.5. The highest BCUT2D eigenvalue weighted by Gasteiger charge is 2.13. The van der Waals surface area contributed by atoms with Crippen LogP contribution in [-0.4, -0.2) is 25.4 Å². The first-order valence-electron chi connectivity index (χ1n) is 6.49. The maximum atomic E-state index is 11.1. The molecule has 0 saturated heterocycles. The van der Waals surface area contributed by atoms with E-state index < -0.39 is 9.84 Å². The Hall–Kier alpha value is -1.50. The number of rotatable bonds is 6. The number of fused-ring (bicyclic) bond motifs is 1. The Labute approximate surface area is 119 Å². The van der Waals surface area contributed by atoms with Crippen LogP contribution < -0.4 is 11.3 Å². The zero-order valence-corrected chi connectivity index (χ0v) is 12.2. The molecule has 0 fully saturated rings. The fourth-order valence-electron chi connectivity index (χ4n) is 2.14. The first-order chi connectivity index (χ1) is 9.49. The number of hydrogen-bond donors (Lipinski definition) is 2. The molecule has 0 aliphatic rings. The zero-order valence-electron chi connectivity index (χ0n) is 11.4. The lowest BCUT2D eigenvalue weighted by atomic mass is 10.1. The van der Waals surface area contributed by atoms with Crippen LogP contribution in [0.5, 0.6) is 0 Å². The topological polar surface area (TPSA) is 85.1 Å². The average molecular weight is 293 g/mol. The molecule has 2 rings (SSSR count). The van der Waals surface area contributed by atoms with Gasteiger partial charge in [0.2, 0.25) is 0 Å². The molecule has 0 aliphatic carbocycles. The molecule has 0 radical (unpaired) electrons. The Kier molecular flexibility index (Phi) is 4.69. The number of nitrogens with two attached hydrogens (primary N) is 1. The van der Waals surface area contributed by atoms with Crippen molar-refractivity contribution in [2.45, 2.75) is 18.9 Å². The summed E-state index contributed by atoms with van der Waals surface area (Å²) in [5.41, 5.74) is 4.46. The number of pyridine rings is 1. The Morgan fingerprint density at radius 1 is 1.25 bits per heavy atom. The van der Waals surface area contributed by atoms with Gasteiger partial charge in [0.15, 0.2) is 0 Å². The Bertz CT molecular complexity index is 686. The zero-order chi connectivity index (χ0) is 14.6. The van der Waals surface area contributed by atoms with E-state index in [1.807, 2.05) is 36.4 Å². The molecule has 3 N–H and O–H groups in total. The summed E-state index contributed by atoms with van der Waals surface area (Å²) in [7, 11) is -2.93. The molecule has 20 heavy (non-hydrogen) atoms. The number of hydrazine groups is 1. The molecule has 0 spiro atoms. The van der Waals surface area contributed by atoms with Crippen molar-refractivity contribution in [2.24, 2.45) is 5.84 Å². The smallest absolute Gasteiger partial charge is 0.147 e. The van der Waals surface area contributed by atoms with Gasteiger partial charge in [-0.1, -0.05) is 24.3 Å². The predicted octanol–water partition coefficient (Wildman–Crippen LogP) is 1.56. The number of para-hydroxylation sites is 1. The molecule has 1 heterocycles. The molecule has 1 aromatic carbocycles. The highest BCUT2D eigenvalue weighted by Crippen LogP contribution is 2.19. The summed E-state index contributed by atoms with van der Waals surface area (Å²) >= 11 is 0. The molecule has 2 aromatic rings. The monoisotopic (exact) mass is 293 g/mol. The van der Waals surface area contributed by atoms with Crippen molar-refractivity contribution in [3.05, 3.63) is 42.1 Å². The van der Waals surface area contributed by atoms with E-state index in [2.05, 4.69) is 10.4 Å². The lowest BCUT2D eigenvalue weighted by Gasteiger charge is -2.15. The predicted molar refractivity (Wildman–Crippen MR) is 80.8 cm³/mol. The van der Waals surface area contributed by atoms with Crippen LogP contribution in [0.15, 0.2) is 36.4 Å². The van der Waals surface area contributed by atoms with E-state index in [0.717, 1.165) is 16.6 Å². The summed E-state index contributed by atoms with van der Waals surface area (Å²) in [6.45, 7) is 0. The van der Waals surface area contributed by atoms with Crippen LogP contribution in [0.25, 0.3) is 10.9 Å². The van der Waals surface area contributed by atoms with Crippen molar-refractivity contribution in [3.63, 3.8) is 0 Å². The molecule has 108 valence electrons. The van der Waals surface area contributed by atoms with Gasteiger partial charge in [-0.3, -0.25) is 16.3 Å². The van der Waals surface area contributed by atoms with Crippen molar-refractivity contribution >= 4 is 20.7 Å². The minimum atomic E-state index is -2.93. The van der Waals surface area contributed by atoms with Gasteiger partial charge in [0.1, 0.15) is 9.84 Å². The minimum Gasteiger partial charge on any atom is -0.271 e. The van der Waals surface area contributed by atoms with Gasteiger partial charge in [-0.05, 0) is 25.0 Å². The number of hydrogen-bond acceptors (Lipinski definition) is 5. The van der Waals surface area contributed by atoms with Gasteiger partial charge in [0, 0.05) is 17.4 Å². The van der Waals surface area contributed by atoms with Gasteiger partial charge < -0.3 is 0 Å². The van der Waals surface area contributed by atoms with E-state index >= 15 is 0 Å². The molecule has 1 aromatic heterocycles. The highest BCUT2D eigenvalue weighted by atomic mass is 32.2. The van der Waals surface area contributed by atoms with Gasteiger partial charge in [0.05, 0.1) is 17.3 Å². The van der Waals surface area contributed by atoms with Crippen molar-refractivity contribution in [1.82, 2.24) is 10.4 Å². The van der Waals surface area contributed by atoms with Crippen molar-refractivity contribution < 1.29 is 8.42 Å². The minimum absolute atomic E-state index is 0.138. The van der Waals surface area contributed by atoms with Gasteiger partial charge in [-0.15, -0.1) is 0 Å². The van der Waals surface area contributed by atoms with Gasteiger partial charge in [-0.2, -0.15) is 0 Å². The molecule has 1 atom stereocenters. The summed E-state index contributed by atoms with van der Waals surface area (Å²) in [4.78, 5) is 4.57. The Morgan fingerprint density at radius 2 is 2.00 bits per heavy atom. The van der Waals surface area contributed by atoms with Gasteiger partial charge in [0.25, 0.3) is 0 Å². The van der Waals surface area contributed by atoms with Crippen molar-refractivity contribution in [1.29, 1.82) is 0 Å². The second-order valence-corrected chi connectivity index (χ2v) is 7.18. The fraction of sp³-hybridized carbons (Fsp3) is 0.357. The van der Waals surface area contributed by atoms with E-state index in [1.54, 1.807) is 0 Å². The van der Waals surface area contributed by atoms with Crippen LogP contribution in [0.1, 0.15) is 24.6 Å². The average Bonchev–Trinajstić information content (AvgIpc) is 2.42. The molecule has 0 amide bonds. The largest absolute Gasteiger partial charge is 0.271 e. The van der Waals surface area contributed by atoms with E-state index in [1.165, 1.54) is 6.26 Å². The molecule has 6 heteroatoms. The highest BCUT2D eigenvalue weighted by molar-refractivity contribution is 7.90. The first-order valence-corrected chi connectivity index (χ1v) is 8.55. The molecule has 0 aliphatic heterocycles. The molecular weight excluding hydrogens is 274 g/mol. The van der Waals surface area contributed by atoms with Crippen molar-refractivity contribution in [3.8, 4) is 0 Å². The standard InChI is InChI=1S/C14H19N3O2S/c1-20(18,19)10-4-7-14(17-15)13-9-8-11-5-2-3-6-12(11)16-13/h2-3,5-6,8-9,14,17H,4,7,10,15H2,1H3. The van der Waals surface area contributed by atoms with Crippen LogP contribution in [0.4, 0.5) is 0 Å². The summed E-state index contributed by atoms with van der Waals surface area (Å²) in [6, 6.07) is 11.6. The van der Waals surface area contributed by atoms with Crippen LogP contribution in [-0.2, 0) is 9.84 Å². The fourth-order valence-corrected chi connectivity index (χ4v) is 2.83. The van der Waals surface area contributed by atoms with Crippen molar-refractivity contribution in [2.75, 3.05) is 12.0 Å². The Morgan fingerprint density at radius 3 is 2.70 bits per heavy atom. The molecular formula is C14H19N3O2S. The second-order valence-electron chi connectivity index (χ2n) is 4.92. The summed E-state index contributed by atoms with van der Waals surface area (Å²) < 4.78 is 22.3. The summed E-state index contributed by atoms with van der Waals surface area (Å²) in [5, 5.41) is 1.07. The Balaban J connectivity index is 2.12. The van der Waals surface area contributed by atoms with E-state index in [0.29, 0.717) is 12.8 Å². The maximum Gasteiger partial charge on any atom is 0.147 e. The molecule has 0 saturated carbocycles. The number of aromatic nitrogens is 1. The first kappa shape index (κ1) is 14.9. The molecule has 0 bridgehead atoms.